The van der Waals surface area contributed by atoms with Gasteiger partial charge in [-0.1, -0.05) is 0 Å². The molecule has 0 spiro atoms. The molecule has 1 aromatic carbocycles. The Bertz CT molecular complexity index is 453. The van der Waals surface area contributed by atoms with Gasteiger partial charge >= 0.3 is 0 Å². The van der Waals surface area contributed by atoms with E-state index in [9.17, 15) is 4.79 Å². The van der Waals surface area contributed by atoms with Crippen molar-refractivity contribution in [2.45, 2.75) is 6.92 Å². The van der Waals surface area contributed by atoms with Crippen molar-refractivity contribution in [1.29, 1.82) is 0 Å². The summed E-state index contributed by atoms with van der Waals surface area (Å²) >= 11 is 0. The van der Waals surface area contributed by atoms with Gasteiger partial charge in [0.15, 0.2) is 0 Å². The van der Waals surface area contributed by atoms with Crippen LogP contribution in [0.15, 0.2) is 18.2 Å². The molecule has 0 N–H and O–H groups in total. The third kappa shape index (κ3) is 5.02. The van der Waals surface area contributed by atoms with E-state index in [0.717, 1.165) is 11.3 Å². The van der Waals surface area contributed by atoms with E-state index in [0.29, 0.717) is 31.9 Å². The van der Waals surface area contributed by atoms with Crippen LogP contribution in [0.4, 0.5) is 5.69 Å². The van der Waals surface area contributed by atoms with E-state index in [1.165, 1.54) is 0 Å². The first-order valence-corrected chi connectivity index (χ1v) is 7.06. The van der Waals surface area contributed by atoms with Crippen LogP contribution in [0.1, 0.15) is 15.9 Å². The Balaban J connectivity index is 2.89. The molecule has 0 saturated carbocycles. The highest BCUT2D eigenvalue weighted by Gasteiger charge is 2.16. The minimum atomic E-state index is 0.0116. The SMILES string of the molecule is COCCN(CCOC)C(=O)c1ccc(N(C)C)c(C)c1. The Morgan fingerprint density at radius 1 is 1.10 bits per heavy atom. The highest BCUT2D eigenvalue weighted by Crippen LogP contribution is 2.20. The molecule has 0 heterocycles. The molecule has 0 aliphatic heterocycles. The van der Waals surface area contributed by atoms with Crippen LogP contribution in [-0.2, 0) is 9.47 Å². The summed E-state index contributed by atoms with van der Waals surface area (Å²) in [5, 5.41) is 0. The summed E-state index contributed by atoms with van der Waals surface area (Å²) in [6.45, 7) is 4.18. The average Bonchev–Trinajstić information content (AvgIpc) is 2.46. The first kappa shape index (κ1) is 17.5. The average molecular weight is 294 g/mol. The number of aryl methyl sites for hydroxylation is 1. The molecule has 0 aliphatic rings. The maximum atomic E-state index is 12.6. The summed E-state index contributed by atoms with van der Waals surface area (Å²) in [5.74, 6) is 0.0116. The van der Waals surface area contributed by atoms with Crippen molar-refractivity contribution in [2.24, 2.45) is 0 Å². The highest BCUT2D eigenvalue weighted by molar-refractivity contribution is 5.95. The summed E-state index contributed by atoms with van der Waals surface area (Å²) in [7, 11) is 7.25. The van der Waals surface area contributed by atoms with Gasteiger partial charge in [-0.25, -0.2) is 0 Å². The maximum absolute atomic E-state index is 12.6. The number of methoxy groups -OCH3 is 2. The van der Waals surface area contributed by atoms with Crippen LogP contribution in [0.2, 0.25) is 0 Å². The van der Waals surface area contributed by atoms with Crippen molar-refractivity contribution in [3.63, 3.8) is 0 Å². The predicted octanol–water partition coefficient (Wildman–Crippen LogP) is 1.80. The number of rotatable bonds is 8. The van der Waals surface area contributed by atoms with Crippen molar-refractivity contribution in [1.82, 2.24) is 4.90 Å². The molecule has 0 aliphatic carbocycles. The summed E-state index contributed by atoms with van der Waals surface area (Å²) < 4.78 is 10.1. The van der Waals surface area contributed by atoms with E-state index in [-0.39, 0.29) is 5.91 Å². The van der Waals surface area contributed by atoms with Crippen LogP contribution in [0.25, 0.3) is 0 Å². The molecule has 1 aromatic rings. The molecular weight excluding hydrogens is 268 g/mol. The second kappa shape index (κ2) is 8.64. The van der Waals surface area contributed by atoms with Crippen LogP contribution < -0.4 is 4.90 Å². The smallest absolute Gasteiger partial charge is 0.254 e. The third-order valence-corrected chi connectivity index (χ3v) is 3.34. The molecule has 1 rings (SSSR count). The third-order valence-electron chi connectivity index (χ3n) is 3.34. The van der Waals surface area contributed by atoms with Gasteiger partial charge in [-0.2, -0.15) is 0 Å². The minimum Gasteiger partial charge on any atom is -0.383 e. The molecule has 118 valence electrons. The van der Waals surface area contributed by atoms with Crippen molar-refractivity contribution < 1.29 is 14.3 Å². The van der Waals surface area contributed by atoms with Crippen molar-refractivity contribution in [3.05, 3.63) is 29.3 Å². The number of hydrogen-bond acceptors (Lipinski definition) is 4. The summed E-state index contributed by atoms with van der Waals surface area (Å²) in [5.41, 5.74) is 2.90. The largest absolute Gasteiger partial charge is 0.383 e. The molecular formula is C16H26N2O3. The van der Waals surface area contributed by atoms with Gasteiger partial charge in [0.25, 0.3) is 5.91 Å². The van der Waals surface area contributed by atoms with Crippen LogP contribution in [-0.4, -0.2) is 65.4 Å². The van der Waals surface area contributed by atoms with E-state index in [2.05, 4.69) is 0 Å². The number of benzene rings is 1. The zero-order chi connectivity index (χ0) is 15.8. The summed E-state index contributed by atoms with van der Waals surface area (Å²) in [4.78, 5) is 16.4. The van der Waals surface area contributed by atoms with Crippen molar-refractivity contribution in [3.8, 4) is 0 Å². The molecule has 0 fully saturated rings. The van der Waals surface area contributed by atoms with Crippen LogP contribution >= 0.6 is 0 Å². The van der Waals surface area contributed by atoms with Gasteiger partial charge in [-0.15, -0.1) is 0 Å². The molecule has 5 nitrogen and oxygen atoms in total. The molecule has 0 saturated heterocycles. The van der Waals surface area contributed by atoms with Gasteiger partial charge in [-0.3, -0.25) is 4.79 Å². The Morgan fingerprint density at radius 2 is 1.67 bits per heavy atom. The number of carbonyl (C=O) groups is 1. The lowest BCUT2D eigenvalue weighted by Crippen LogP contribution is -2.36. The van der Waals surface area contributed by atoms with E-state index in [1.807, 2.05) is 44.1 Å². The molecule has 0 radical (unpaired) electrons. The second-order valence-electron chi connectivity index (χ2n) is 5.17. The fraction of sp³-hybridized carbons (Fsp3) is 0.562. The summed E-state index contributed by atoms with van der Waals surface area (Å²) in [6, 6.07) is 5.79. The first-order valence-electron chi connectivity index (χ1n) is 7.06. The molecule has 21 heavy (non-hydrogen) atoms. The van der Waals surface area contributed by atoms with Crippen LogP contribution in [0.5, 0.6) is 0 Å². The fourth-order valence-corrected chi connectivity index (χ4v) is 2.19. The van der Waals surface area contributed by atoms with E-state index < -0.39 is 0 Å². The molecule has 0 bridgehead atoms. The lowest BCUT2D eigenvalue weighted by Gasteiger charge is -2.23. The monoisotopic (exact) mass is 294 g/mol. The normalized spacial score (nSPS) is 10.5. The molecule has 0 unspecified atom stereocenters. The Hall–Kier alpha value is -1.59. The van der Waals surface area contributed by atoms with Gasteiger partial charge in [0.2, 0.25) is 0 Å². The van der Waals surface area contributed by atoms with Crippen LogP contribution in [0.3, 0.4) is 0 Å². The maximum Gasteiger partial charge on any atom is 0.254 e. The van der Waals surface area contributed by atoms with E-state index >= 15 is 0 Å². The van der Waals surface area contributed by atoms with Gasteiger partial charge in [-0.05, 0) is 30.7 Å². The topological polar surface area (TPSA) is 42.0 Å². The number of amides is 1. The molecule has 5 heteroatoms. The Labute approximate surface area is 127 Å². The van der Waals surface area contributed by atoms with Crippen molar-refractivity contribution >= 4 is 11.6 Å². The van der Waals surface area contributed by atoms with Gasteiger partial charge < -0.3 is 19.3 Å². The van der Waals surface area contributed by atoms with Gasteiger partial charge in [0.05, 0.1) is 13.2 Å². The highest BCUT2D eigenvalue weighted by atomic mass is 16.5. The number of hydrogen-bond donors (Lipinski definition) is 0. The number of nitrogens with zero attached hydrogens (tertiary/aromatic N) is 2. The number of carbonyl (C=O) groups excluding carboxylic acids is 1. The first-order chi connectivity index (χ1) is 10.0. The number of ether oxygens (including phenoxy) is 2. The van der Waals surface area contributed by atoms with E-state index in [1.54, 1.807) is 19.1 Å². The number of anilines is 1. The fourth-order valence-electron chi connectivity index (χ4n) is 2.19. The molecule has 0 atom stereocenters. The molecule has 1 amide bonds. The summed E-state index contributed by atoms with van der Waals surface area (Å²) in [6.07, 6.45) is 0. The van der Waals surface area contributed by atoms with Gasteiger partial charge in [0.1, 0.15) is 0 Å². The zero-order valence-corrected chi connectivity index (χ0v) is 13.7. The van der Waals surface area contributed by atoms with E-state index in [4.69, 9.17) is 9.47 Å². The standard InChI is InChI=1S/C16H26N2O3/c1-13-12-14(6-7-15(13)17(2)3)16(19)18(8-10-20-4)9-11-21-5/h6-7,12H,8-11H2,1-5H3. The predicted molar refractivity (Wildman–Crippen MR) is 85.2 cm³/mol. The van der Waals surface area contributed by atoms with Crippen molar-refractivity contribution in [2.75, 3.05) is 59.5 Å². The second-order valence-corrected chi connectivity index (χ2v) is 5.17. The minimum absolute atomic E-state index is 0.0116. The lowest BCUT2D eigenvalue weighted by atomic mass is 10.1. The van der Waals surface area contributed by atoms with Gasteiger partial charge in [0, 0.05) is 52.7 Å². The Morgan fingerprint density at radius 3 is 2.10 bits per heavy atom. The Kier molecular flexibility index (Phi) is 7.19. The quantitative estimate of drug-likeness (QED) is 0.733. The molecule has 0 aromatic heterocycles. The lowest BCUT2D eigenvalue weighted by molar-refractivity contribution is 0.0627. The zero-order valence-electron chi connectivity index (χ0n) is 13.7. The van der Waals surface area contributed by atoms with Crippen LogP contribution in [0, 0.1) is 6.92 Å².